The standard InChI is InChI=1S/C15H17BrO4/c1-12-6-8-7(12)10-11(14(12)17-2-3-18-14)9(6)13(8,16)15(10)19-4-5-20-15/h6-11H,2-5H2,1H3/t6-,7+,8+,9+,10+,11+,12-,13-/m0/s1. The van der Waals surface area contributed by atoms with Crippen molar-refractivity contribution in [3.63, 3.8) is 0 Å². The van der Waals surface area contributed by atoms with Crippen molar-refractivity contribution in [1.29, 1.82) is 0 Å². The third-order valence-electron chi connectivity index (χ3n) is 8.27. The number of halogens is 1. The monoisotopic (exact) mass is 340 g/mol. The number of alkyl halides is 1. The van der Waals surface area contributed by atoms with E-state index in [0.717, 1.165) is 32.3 Å². The topological polar surface area (TPSA) is 36.9 Å². The Balaban J connectivity index is 1.53. The van der Waals surface area contributed by atoms with Gasteiger partial charge in [0.1, 0.15) is 0 Å². The highest BCUT2D eigenvalue weighted by Crippen LogP contribution is 3.00. The first kappa shape index (κ1) is 10.9. The molecule has 8 aliphatic rings. The van der Waals surface area contributed by atoms with Crippen molar-refractivity contribution in [3.05, 3.63) is 0 Å². The molecule has 0 unspecified atom stereocenters. The quantitative estimate of drug-likeness (QED) is 0.624. The van der Waals surface area contributed by atoms with Crippen LogP contribution in [0.5, 0.6) is 0 Å². The molecule has 0 N–H and O–H groups in total. The van der Waals surface area contributed by atoms with Crippen molar-refractivity contribution in [1.82, 2.24) is 0 Å². The lowest BCUT2D eigenvalue weighted by atomic mass is 9.35. The predicted molar refractivity (Wildman–Crippen MR) is 70.0 cm³/mol. The molecule has 8 rings (SSSR count). The highest BCUT2D eigenvalue weighted by atomic mass is 79.9. The fraction of sp³-hybridized carbons (Fsp3) is 1.00. The smallest absolute Gasteiger partial charge is 0.187 e. The molecule has 2 aliphatic heterocycles. The van der Waals surface area contributed by atoms with Gasteiger partial charge in [0.05, 0.1) is 30.8 Å². The van der Waals surface area contributed by atoms with Gasteiger partial charge in [-0.2, -0.15) is 0 Å². The first-order valence-corrected chi connectivity index (χ1v) is 8.69. The Bertz CT molecular complexity index is 518. The van der Waals surface area contributed by atoms with Gasteiger partial charge in [-0.05, 0) is 23.7 Å². The number of rotatable bonds is 0. The second kappa shape index (κ2) is 2.56. The lowest BCUT2D eigenvalue weighted by Gasteiger charge is -2.71. The maximum Gasteiger partial charge on any atom is 0.187 e. The van der Waals surface area contributed by atoms with E-state index in [4.69, 9.17) is 18.9 Å². The van der Waals surface area contributed by atoms with E-state index in [9.17, 15) is 0 Å². The highest BCUT2D eigenvalue weighted by Gasteiger charge is 3.07. The van der Waals surface area contributed by atoms with Crippen LogP contribution in [0.4, 0.5) is 0 Å². The van der Waals surface area contributed by atoms with E-state index in [-0.39, 0.29) is 21.3 Å². The third-order valence-corrected chi connectivity index (χ3v) is 9.88. The highest BCUT2D eigenvalue weighted by molar-refractivity contribution is 9.10. The van der Waals surface area contributed by atoms with E-state index in [1.807, 2.05) is 0 Å². The van der Waals surface area contributed by atoms with Gasteiger partial charge in [0.15, 0.2) is 11.6 Å². The van der Waals surface area contributed by atoms with Gasteiger partial charge in [0.25, 0.3) is 0 Å². The van der Waals surface area contributed by atoms with Crippen LogP contribution in [0.3, 0.4) is 0 Å². The molecule has 20 heavy (non-hydrogen) atoms. The molecule has 0 aromatic carbocycles. The molecule has 6 saturated carbocycles. The van der Waals surface area contributed by atoms with Crippen LogP contribution in [0.25, 0.3) is 0 Å². The summed E-state index contributed by atoms with van der Waals surface area (Å²) in [4.78, 5) is 0. The normalized spacial score (nSPS) is 71.1. The van der Waals surface area contributed by atoms with Crippen molar-refractivity contribution in [2.75, 3.05) is 26.4 Å². The Morgan fingerprint density at radius 1 is 0.700 bits per heavy atom. The maximum atomic E-state index is 6.28. The molecular formula is C15H17BrO4. The van der Waals surface area contributed by atoms with E-state index >= 15 is 0 Å². The third kappa shape index (κ3) is 0.592. The minimum absolute atomic E-state index is 0.0412. The van der Waals surface area contributed by atoms with Crippen LogP contribution in [0.15, 0.2) is 0 Å². The molecule has 8 fully saturated rings. The van der Waals surface area contributed by atoms with Gasteiger partial charge >= 0.3 is 0 Å². The van der Waals surface area contributed by atoms with Crippen molar-refractivity contribution in [2.45, 2.75) is 22.8 Å². The number of ether oxygens (including phenoxy) is 4. The van der Waals surface area contributed by atoms with Gasteiger partial charge in [0.2, 0.25) is 0 Å². The van der Waals surface area contributed by atoms with Gasteiger partial charge in [-0.25, -0.2) is 0 Å². The average molecular weight is 341 g/mol. The lowest BCUT2D eigenvalue weighted by molar-refractivity contribution is -0.289. The molecule has 6 aliphatic carbocycles. The van der Waals surface area contributed by atoms with Crippen LogP contribution in [0.1, 0.15) is 6.92 Å². The van der Waals surface area contributed by atoms with E-state index in [0.29, 0.717) is 29.6 Å². The molecule has 2 spiro atoms. The van der Waals surface area contributed by atoms with Gasteiger partial charge in [-0.15, -0.1) is 0 Å². The summed E-state index contributed by atoms with van der Waals surface area (Å²) in [7, 11) is 0. The molecule has 2 heterocycles. The molecular weight excluding hydrogens is 324 g/mol. The van der Waals surface area contributed by atoms with Crippen molar-refractivity contribution in [3.8, 4) is 0 Å². The average Bonchev–Trinajstić information content (AvgIpc) is 3.19. The molecule has 8 atom stereocenters. The van der Waals surface area contributed by atoms with E-state index < -0.39 is 0 Å². The van der Waals surface area contributed by atoms with Gasteiger partial charge in [-0.1, -0.05) is 22.9 Å². The molecule has 0 aromatic rings. The predicted octanol–water partition coefficient (Wildman–Crippen LogP) is 1.38. The molecule has 0 radical (unpaired) electrons. The van der Waals surface area contributed by atoms with Crippen LogP contribution >= 0.6 is 15.9 Å². The summed E-state index contributed by atoms with van der Waals surface area (Å²) in [6.07, 6.45) is 0. The minimum Gasteiger partial charge on any atom is -0.347 e. The summed E-state index contributed by atoms with van der Waals surface area (Å²) in [6, 6.07) is 0. The molecule has 108 valence electrons. The maximum absolute atomic E-state index is 6.28. The summed E-state index contributed by atoms with van der Waals surface area (Å²) in [5.74, 6) is 2.94. The number of hydrogen-bond acceptors (Lipinski definition) is 4. The Morgan fingerprint density at radius 2 is 1.15 bits per heavy atom. The van der Waals surface area contributed by atoms with Gasteiger partial charge < -0.3 is 18.9 Å². The van der Waals surface area contributed by atoms with Gasteiger partial charge in [-0.3, -0.25) is 0 Å². The minimum atomic E-state index is -0.384. The van der Waals surface area contributed by atoms with Crippen LogP contribution in [0.2, 0.25) is 0 Å². The fourth-order valence-corrected chi connectivity index (χ4v) is 9.98. The van der Waals surface area contributed by atoms with Crippen molar-refractivity contribution in [2.24, 2.45) is 40.9 Å². The van der Waals surface area contributed by atoms with Crippen LogP contribution in [0, 0.1) is 40.9 Å². The van der Waals surface area contributed by atoms with Crippen LogP contribution in [-0.4, -0.2) is 42.3 Å². The van der Waals surface area contributed by atoms with Crippen LogP contribution < -0.4 is 0 Å². The lowest BCUT2D eigenvalue weighted by Crippen LogP contribution is -2.74. The van der Waals surface area contributed by atoms with E-state index in [1.165, 1.54) is 0 Å². The first-order chi connectivity index (χ1) is 9.65. The van der Waals surface area contributed by atoms with E-state index in [1.54, 1.807) is 0 Å². The molecule has 0 aromatic heterocycles. The second-order valence-electron chi connectivity index (χ2n) is 7.93. The zero-order chi connectivity index (χ0) is 13.1. The summed E-state index contributed by atoms with van der Waals surface area (Å²) in [5, 5.41) is 0. The Labute approximate surface area is 125 Å². The molecule has 0 amide bonds. The zero-order valence-corrected chi connectivity index (χ0v) is 12.9. The first-order valence-electron chi connectivity index (χ1n) is 7.89. The van der Waals surface area contributed by atoms with Gasteiger partial charge in [0, 0.05) is 17.3 Å². The molecule has 4 nitrogen and oxygen atoms in total. The number of hydrogen-bond donors (Lipinski definition) is 0. The largest absolute Gasteiger partial charge is 0.347 e. The molecule has 2 saturated heterocycles. The molecule has 4 bridgehead atoms. The van der Waals surface area contributed by atoms with Crippen LogP contribution in [-0.2, 0) is 18.9 Å². The fourth-order valence-electron chi connectivity index (χ4n) is 8.35. The molecule has 5 heteroatoms. The summed E-state index contributed by atoms with van der Waals surface area (Å²) >= 11 is 4.12. The second-order valence-corrected chi connectivity index (χ2v) is 9.25. The Kier molecular flexibility index (Phi) is 1.40. The van der Waals surface area contributed by atoms with E-state index in [2.05, 4.69) is 22.9 Å². The SMILES string of the molecule is C[C@@]12[C@H]3[C@@H]4[C@@H]([C@H]5[C@@H]1[C@H]3[C@@]5(Br)C41OCCO1)C21OCCO1. The van der Waals surface area contributed by atoms with Crippen molar-refractivity contribution >= 4 is 15.9 Å². The summed E-state index contributed by atoms with van der Waals surface area (Å²) in [6.45, 7) is 5.38. The zero-order valence-electron chi connectivity index (χ0n) is 11.3. The summed E-state index contributed by atoms with van der Waals surface area (Å²) < 4.78 is 25.1. The van der Waals surface area contributed by atoms with Crippen molar-refractivity contribution < 1.29 is 18.9 Å². The summed E-state index contributed by atoms with van der Waals surface area (Å²) in [5.41, 5.74) is 0.199. The Hall–Kier alpha value is 0.320. The Morgan fingerprint density at radius 3 is 1.75 bits per heavy atom.